The largest absolute Gasteiger partial charge is 0.478 e. The molecule has 6 rings (SSSR count). The number of aromatic nitrogens is 4. The molecule has 3 aromatic carbocycles. The summed E-state index contributed by atoms with van der Waals surface area (Å²) in [5.74, 6) is 0.135. The van der Waals surface area contributed by atoms with E-state index in [0.717, 1.165) is 64.2 Å². The number of aromatic carboxylic acids is 1. The highest BCUT2D eigenvalue weighted by molar-refractivity contribution is 6.30. The first-order valence-corrected chi connectivity index (χ1v) is 13.4. The lowest BCUT2D eigenvalue weighted by Crippen LogP contribution is -2.05. The van der Waals surface area contributed by atoms with E-state index in [1.165, 1.54) is 0 Å². The van der Waals surface area contributed by atoms with Gasteiger partial charge < -0.3 is 14.1 Å². The molecule has 194 valence electrons. The molecule has 0 saturated heterocycles. The third kappa shape index (κ3) is 4.91. The number of nitrogens with zero attached hydrogens (tertiary/aromatic N) is 4. The van der Waals surface area contributed by atoms with Crippen LogP contribution in [-0.4, -0.2) is 30.0 Å². The molecule has 0 bridgehead atoms. The summed E-state index contributed by atoms with van der Waals surface area (Å²) in [4.78, 5) is 21.5. The molecule has 3 aromatic heterocycles. The van der Waals surface area contributed by atoms with Crippen LogP contribution in [0.25, 0.3) is 39.1 Å². The summed E-state index contributed by atoms with van der Waals surface area (Å²) in [7, 11) is 0. The van der Waals surface area contributed by atoms with E-state index in [1.807, 2.05) is 53.2 Å². The molecule has 0 aliphatic rings. The minimum Gasteiger partial charge on any atom is -0.478 e. The maximum Gasteiger partial charge on any atom is 0.336 e. The number of rotatable bonds is 8. The van der Waals surface area contributed by atoms with Crippen molar-refractivity contribution in [3.8, 4) is 22.4 Å². The second kappa shape index (κ2) is 10.4. The van der Waals surface area contributed by atoms with Gasteiger partial charge in [0, 0.05) is 30.9 Å². The number of hydrogen-bond acceptors (Lipinski definition) is 3. The van der Waals surface area contributed by atoms with Crippen molar-refractivity contribution < 1.29 is 9.90 Å². The molecule has 0 unspecified atom stereocenters. The van der Waals surface area contributed by atoms with Gasteiger partial charge in [-0.25, -0.2) is 14.8 Å². The highest BCUT2D eigenvalue weighted by atomic mass is 35.5. The van der Waals surface area contributed by atoms with Crippen LogP contribution >= 0.6 is 11.6 Å². The number of halogens is 1. The van der Waals surface area contributed by atoms with E-state index in [4.69, 9.17) is 21.6 Å². The molecular weight excluding hydrogens is 508 g/mol. The molecule has 0 fully saturated rings. The Kier molecular flexibility index (Phi) is 6.63. The molecule has 0 atom stereocenters. The molecule has 3 heterocycles. The summed E-state index contributed by atoms with van der Waals surface area (Å²) in [5, 5.41) is 10.3. The number of benzene rings is 3. The van der Waals surface area contributed by atoms with Gasteiger partial charge in [-0.05, 0) is 53.4 Å². The van der Waals surface area contributed by atoms with Crippen LogP contribution in [0.1, 0.15) is 41.5 Å². The number of carboxylic acids is 1. The van der Waals surface area contributed by atoms with Gasteiger partial charge in [0.05, 0.1) is 27.3 Å². The first-order chi connectivity index (χ1) is 19.0. The van der Waals surface area contributed by atoms with Crippen LogP contribution in [-0.2, 0) is 13.0 Å². The van der Waals surface area contributed by atoms with Crippen molar-refractivity contribution >= 4 is 34.3 Å². The van der Waals surface area contributed by atoms with Crippen LogP contribution in [0, 0.1) is 0 Å². The molecule has 0 radical (unpaired) electrons. The maximum atomic E-state index is 11.7. The van der Waals surface area contributed by atoms with E-state index < -0.39 is 5.97 Å². The Bertz CT molecular complexity index is 1820. The number of fused-ring (bicyclic) bond motifs is 2. The smallest absolute Gasteiger partial charge is 0.336 e. The summed E-state index contributed by atoms with van der Waals surface area (Å²) in [6, 6.07) is 25.3. The Labute approximate surface area is 231 Å². The van der Waals surface area contributed by atoms with E-state index in [9.17, 15) is 9.90 Å². The van der Waals surface area contributed by atoms with Crippen molar-refractivity contribution in [2.45, 2.75) is 32.7 Å². The quantitative estimate of drug-likeness (QED) is 0.216. The zero-order valence-electron chi connectivity index (χ0n) is 21.5. The van der Waals surface area contributed by atoms with Gasteiger partial charge in [-0.3, -0.25) is 0 Å². The Hall–Kier alpha value is -4.42. The number of unbranched alkanes of at least 4 members (excludes halogenated alkanes) is 1. The van der Waals surface area contributed by atoms with Crippen LogP contribution in [0.5, 0.6) is 0 Å². The van der Waals surface area contributed by atoms with Gasteiger partial charge in [0.1, 0.15) is 11.5 Å². The van der Waals surface area contributed by atoms with Gasteiger partial charge in [0.2, 0.25) is 0 Å². The minimum atomic E-state index is -0.926. The van der Waals surface area contributed by atoms with Crippen molar-refractivity contribution in [1.29, 1.82) is 0 Å². The second-order valence-electron chi connectivity index (χ2n) is 9.71. The summed E-state index contributed by atoms with van der Waals surface area (Å²) in [6.45, 7) is 2.86. The SMILES string of the molecule is CCCCc1nc2ccc(-c3cn4cc(Cl)ccc4n3)cc2n1Cc1ccc(-c2ccccc2C(=O)O)cc1. The lowest BCUT2D eigenvalue weighted by molar-refractivity contribution is 0.0697. The summed E-state index contributed by atoms with van der Waals surface area (Å²) in [6.07, 6.45) is 6.91. The minimum absolute atomic E-state index is 0.300. The molecule has 1 N–H and O–H groups in total. The molecule has 39 heavy (non-hydrogen) atoms. The topological polar surface area (TPSA) is 72.4 Å². The molecule has 6 aromatic rings. The van der Waals surface area contributed by atoms with E-state index in [2.05, 4.69) is 41.8 Å². The summed E-state index contributed by atoms with van der Waals surface area (Å²) >= 11 is 6.17. The zero-order chi connectivity index (χ0) is 26.9. The van der Waals surface area contributed by atoms with E-state index in [0.29, 0.717) is 22.7 Å². The van der Waals surface area contributed by atoms with Gasteiger partial charge in [-0.2, -0.15) is 0 Å². The first kappa shape index (κ1) is 24.9. The third-order valence-corrected chi connectivity index (χ3v) is 7.28. The lowest BCUT2D eigenvalue weighted by atomic mass is 9.98. The fraction of sp³-hybridized carbons (Fsp3) is 0.156. The monoisotopic (exact) mass is 534 g/mol. The van der Waals surface area contributed by atoms with E-state index in [-0.39, 0.29) is 0 Å². The van der Waals surface area contributed by atoms with E-state index in [1.54, 1.807) is 12.1 Å². The predicted molar refractivity (Wildman–Crippen MR) is 155 cm³/mol. The van der Waals surface area contributed by atoms with Crippen LogP contribution in [0.3, 0.4) is 0 Å². The third-order valence-electron chi connectivity index (χ3n) is 7.06. The number of carboxylic acid groups (broad SMARTS) is 1. The summed E-state index contributed by atoms with van der Waals surface area (Å²) in [5.41, 5.74) is 7.79. The van der Waals surface area contributed by atoms with Crippen molar-refractivity contribution in [3.63, 3.8) is 0 Å². The number of pyridine rings is 1. The average molecular weight is 535 g/mol. The first-order valence-electron chi connectivity index (χ1n) is 13.1. The fourth-order valence-electron chi connectivity index (χ4n) is 5.03. The van der Waals surface area contributed by atoms with Crippen LogP contribution < -0.4 is 0 Å². The molecule has 0 amide bonds. The molecule has 0 saturated carbocycles. The van der Waals surface area contributed by atoms with Gasteiger partial charge in [0.25, 0.3) is 0 Å². The Morgan fingerprint density at radius 1 is 0.923 bits per heavy atom. The van der Waals surface area contributed by atoms with Gasteiger partial charge in [-0.15, -0.1) is 0 Å². The molecule has 0 aliphatic heterocycles. The maximum absolute atomic E-state index is 11.7. The second-order valence-corrected chi connectivity index (χ2v) is 10.1. The molecule has 0 spiro atoms. The van der Waals surface area contributed by atoms with Gasteiger partial charge in [-0.1, -0.05) is 73.5 Å². The zero-order valence-corrected chi connectivity index (χ0v) is 22.3. The standard InChI is InChI=1S/C32H27ClN4O2/c1-2-3-8-31-34-27-15-13-23(28-20-36-19-24(33)14-16-30(36)35-28)17-29(27)37(31)18-21-9-11-22(12-10-21)25-6-4-5-7-26(25)32(38)39/h4-7,9-17,19-20H,2-3,8,18H2,1H3,(H,38,39). The normalized spacial score (nSPS) is 11.4. The summed E-state index contributed by atoms with van der Waals surface area (Å²) < 4.78 is 4.23. The molecular formula is C32H27ClN4O2. The highest BCUT2D eigenvalue weighted by Gasteiger charge is 2.15. The highest BCUT2D eigenvalue weighted by Crippen LogP contribution is 2.28. The van der Waals surface area contributed by atoms with Crippen molar-refractivity contribution in [2.24, 2.45) is 0 Å². The predicted octanol–water partition coefficient (Wildman–Crippen LogP) is 7.76. The Morgan fingerprint density at radius 2 is 1.72 bits per heavy atom. The van der Waals surface area contributed by atoms with Crippen LogP contribution in [0.15, 0.2) is 91.3 Å². The molecule has 6 nitrogen and oxygen atoms in total. The molecule has 0 aliphatic carbocycles. The van der Waals surface area contributed by atoms with Crippen molar-refractivity contribution in [2.75, 3.05) is 0 Å². The van der Waals surface area contributed by atoms with Crippen molar-refractivity contribution in [1.82, 2.24) is 18.9 Å². The van der Waals surface area contributed by atoms with Crippen LogP contribution in [0.2, 0.25) is 5.02 Å². The lowest BCUT2D eigenvalue weighted by Gasteiger charge is -2.11. The number of carbonyl (C=O) groups is 1. The van der Waals surface area contributed by atoms with Crippen LogP contribution in [0.4, 0.5) is 0 Å². The fourth-order valence-corrected chi connectivity index (χ4v) is 5.20. The number of aryl methyl sites for hydroxylation is 1. The Morgan fingerprint density at radius 3 is 2.51 bits per heavy atom. The Balaban J connectivity index is 1.37. The van der Waals surface area contributed by atoms with Gasteiger partial charge in [0.15, 0.2) is 0 Å². The van der Waals surface area contributed by atoms with Gasteiger partial charge >= 0.3 is 5.97 Å². The number of imidazole rings is 2. The van der Waals surface area contributed by atoms with Crippen molar-refractivity contribution in [3.05, 3.63) is 113 Å². The van der Waals surface area contributed by atoms with E-state index >= 15 is 0 Å². The molecule has 7 heteroatoms. The number of hydrogen-bond donors (Lipinski definition) is 1. The average Bonchev–Trinajstić information content (AvgIpc) is 3.52.